The van der Waals surface area contributed by atoms with Gasteiger partial charge in [0, 0.05) is 21.4 Å². The standard InChI is InChI=1S/C25H27BrN2O3S/c1-16-12-17(2)14-20(13-16)28-32(30,31)21-9-7-19(8-10-21)27-24(29)18-6-11-22(23(26)15-18)25(3,4)5/h6-15,28H,1-5H3,(H,27,29). The van der Waals surface area contributed by atoms with E-state index in [2.05, 4.69) is 46.7 Å². The molecule has 0 aliphatic carbocycles. The number of nitrogens with one attached hydrogen (secondary N) is 2. The van der Waals surface area contributed by atoms with Gasteiger partial charge in [0.05, 0.1) is 4.90 Å². The fourth-order valence-electron chi connectivity index (χ4n) is 3.43. The van der Waals surface area contributed by atoms with E-state index in [1.165, 1.54) is 12.1 Å². The summed E-state index contributed by atoms with van der Waals surface area (Å²) in [7, 11) is -3.74. The highest BCUT2D eigenvalue weighted by Crippen LogP contribution is 2.30. The normalized spacial score (nSPS) is 11.8. The fraction of sp³-hybridized carbons (Fsp3) is 0.240. The quantitative estimate of drug-likeness (QED) is 0.412. The van der Waals surface area contributed by atoms with Crippen molar-refractivity contribution < 1.29 is 13.2 Å². The largest absolute Gasteiger partial charge is 0.322 e. The SMILES string of the molecule is Cc1cc(C)cc(NS(=O)(=O)c2ccc(NC(=O)c3ccc(C(C)(C)C)c(Br)c3)cc2)c1. The smallest absolute Gasteiger partial charge is 0.261 e. The molecule has 3 aromatic carbocycles. The van der Waals surface area contributed by atoms with Gasteiger partial charge >= 0.3 is 0 Å². The van der Waals surface area contributed by atoms with Crippen LogP contribution < -0.4 is 10.0 Å². The molecule has 0 aliphatic heterocycles. The molecule has 32 heavy (non-hydrogen) atoms. The van der Waals surface area contributed by atoms with Crippen LogP contribution in [0.5, 0.6) is 0 Å². The van der Waals surface area contributed by atoms with Crippen LogP contribution >= 0.6 is 15.9 Å². The Labute approximate surface area is 198 Å². The molecule has 5 nitrogen and oxygen atoms in total. The van der Waals surface area contributed by atoms with Crippen molar-refractivity contribution in [1.29, 1.82) is 0 Å². The van der Waals surface area contributed by atoms with E-state index in [4.69, 9.17) is 0 Å². The Bertz CT molecular complexity index is 1240. The van der Waals surface area contributed by atoms with Gasteiger partial charge in [0.15, 0.2) is 0 Å². The van der Waals surface area contributed by atoms with E-state index < -0.39 is 10.0 Å². The number of hydrogen-bond donors (Lipinski definition) is 2. The number of carbonyl (C=O) groups is 1. The third-order valence-corrected chi connectivity index (χ3v) is 6.99. The van der Waals surface area contributed by atoms with Crippen LogP contribution in [-0.4, -0.2) is 14.3 Å². The molecule has 168 valence electrons. The zero-order valence-electron chi connectivity index (χ0n) is 18.8. The summed E-state index contributed by atoms with van der Waals surface area (Å²) in [6, 6.07) is 17.1. The van der Waals surface area contributed by atoms with Crippen LogP contribution in [0.25, 0.3) is 0 Å². The van der Waals surface area contributed by atoms with Crippen molar-refractivity contribution in [3.63, 3.8) is 0 Å². The van der Waals surface area contributed by atoms with Gasteiger partial charge in [-0.25, -0.2) is 8.42 Å². The summed E-state index contributed by atoms with van der Waals surface area (Å²) in [6.45, 7) is 10.2. The van der Waals surface area contributed by atoms with Crippen molar-refractivity contribution in [1.82, 2.24) is 0 Å². The van der Waals surface area contributed by atoms with Gasteiger partial charge in [0.25, 0.3) is 15.9 Å². The highest BCUT2D eigenvalue weighted by molar-refractivity contribution is 9.10. The maximum Gasteiger partial charge on any atom is 0.261 e. The summed E-state index contributed by atoms with van der Waals surface area (Å²) in [4.78, 5) is 12.8. The number of anilines is 2. The predicted octanol–water partition coefficient (Wildman–Crippen LogP) is 6.42. The van der Waals surface area contributed by atoms with Crippen molar-refractivity contribution in [3.8, 4) is 0 Å². The Morgan fingerprint density at radius 3 is 1.97 bits per heavy atom. The van der Waals surface area contributed by atoms with Crippen LogP contribution in [0.3, 0.4) is 0 Å². The second kappa shape index (κ2) is 9.08. The summed E-state index contributed by atoms with van der Waals surface area (Å²) >= 11 is 3.55. The topological polar surface area (TPSA) is 75.3 Å². The van der Waals surface area contributed by atoms with E-state index >= 15 is 0 Å². The molecule has 0 fully saturated rings. The van der Waals surface area contributed by atoms with Gasteiger partial charge in [-0.2, -0.15) is 0 Å². The van der Waals surface area contributed by atoms with Crippen molar-refractivity contribution in [2.75, 3.05) is 10.0 Å². The lowest BCUT2D eigenvalue weighted by atomic mass is 9.86. The molecular formula is C25H27BrN2O3S. The van der Waals surface area contributed by atoms with E-state index in [0.29, 0.717) is 16.9 Å². The Morgan fingerprint density at radius 2 is 1.44 bits per heavy atom. The first-order valence-electron chi connectivity index (χ1n) is 10.2. The Morgan fingerprint density at radius 1 is 0.844 bits per heavy atom. The Kier molecular flexibility index (Phi) is 6.81. The molecule has 0 spiro atoms. The predicted molar refractivity (Wildman–Crippen MR) is 134 cm³/mol. The molecule has 0 aliphatic rings. The van der Waals surface area contributed by atoms with E-state index in [-0.39, 0.29) is 16.2 Å². The molecule has 0 saturated carbocycles. The van der Waals surface area contributed by atoms with E-state index in [1.807, 2.05) is 26.0 Å². The minimum absolute atomic E-state index is 0.0413. The van der Waals surface area contributed by atoms with Gasteiger partial charge in [0.2, 0.25) is 0 Å². The third kappa shape index (κ3) is 5.78. The molecule has 0 heterocycles. The van der Waals surface area contributed by atoms with Crippen LogP contribution in [0, 0.1) is 13.8 Å². The van der Waals surface area contributed by atoms with Gasteiger partial charge in [-0.05, 0) is 84.5 Å². The molecular weight excluding hydrogens is 488 g/mol. The van der Waals surface area contributed by atoms with Crippen LogP contribution in [0.1, 0.15) is 47.8 Å². The number of amides is 1. The van der Waals surface area contributed by atoms with Gasteiger partial charge in [0.1, 0.15) is 0 Å². The monoisotopic (exact) mass is 514 g/mol. The molecule has 3 rings (SSSR count). The first kappa shape index (κ1) is 24.0. The molecule has 0 radical (unpaired) electrons. The van der Waals surface area contributed by atoms with Gasteiger partial charge < -0.3 is 5.32 Å². The number of halogens is 1. The van der Waals surface area contributed by atoms with E-state index in [0.717, 1.165) is 21.2 Å². The van der Waals surface area contributed by atoms with Crippen molar-refractivity contribution in [3.05, 3.63) is 87.4 Å². The average Bonchev–Trinajstić information content (AvgIpc) is 2.66. The summed E-state index contributed by atoms with van der Waals surface area (Å²) in [6.07, 6.45) is 0. The second-order valence-electron chi connectivity index (χ2n) is 8.91. The highest BCUT2D eigenvalue weighted by Gasteiger charge is 2.19. The third-order valence-electron chi connectivity index (χ3n) is 4.94. The second-order valence-corrected chi connectivity index (χ2v) is 11.4. The highest BCUT2D eigenvalue weighted by atomic mass is 79.9. The minimum Gasteiger partial charge on any atom is -0.322 e. The molecule has 0 aromatic heterocycles. The summed E-state index contributed by atoms with van der Waals surface area (Å²) in [5, 5.41) is 2.81. The molecule has 0 atom stereocenters. The molecule has 3 aromatic rings. The van der Waals surface area contributed by atoms with Crippen LogP contribution in [0.15, 0.2) is 70.0 Å². The van der Waals surface area contributed by atoms with Gasteiger partial charge in [-0.15, -0.1) is 0 Å². The van der Waals surface area contributed by atoms with Crippen LogP contribution in [-0.2, 0) is 15.4 Å². The number of hydrogen-bond acceptors (Lipinski definition) is 3. The van der Waals surface area contributed by atoms with Crippen molar-refractivity contribution in [2.24, 2.45) is 0 Å². The lowest BCUT2D eigenvalue weighted by Crippen LogP contribution is -2.16. The Hall–Kier alpha value is -2.64. The molecule has 0 bridgehead atoms. The van der Waals surface area contributed by atoms with Crippen molar-refractivity contribution in [2.45, 2.75) is 44.9 Å². The number of rotatable bonds is 5. The summed E-state index contributed by atoms with van der Waals surface area (Å²) < 4.78 is 28.9. The van der Waals surface area contributed by atoms with Gasteiger partial charge in [-0.1, -0.05) is 48.8 Å². The van der Waals surface area contributed by atoms with Crippen LogP contribution in [0.2, 0.25) is 0 Å². The first-order chi connectivity index (χ1) is 14.8. The fourth-order valence-corrected chi connectivity index (χ4v) is 5.45. The molecule has 1 amide bonds. The molecule has 0 unspecified atom stereocenters. The average molecular weight is 515 g/mol. The van der Waals surface area contributed by atoms with Crippen molar-refractivity contribution >= 4 is 43.2 Å². The molecule has 2 N–H and O–H groups in total. The number of sulfonamides is 1. The Balaban J connectivity index is 1.74. The lowest BCUT2D eigenvalue weighted by Gasteiger charge is -2.21. The summed E-state index contributed by atoms with van der Waals surface area (Å²) in [5.41, 5.74) is 4.56. The maximum absolute atomic E-state index is 12.7. The van der Waals surface area contributed by atoms with E-state index in [1.54, 1.807) is 36.4 Å². The lowest BCUT2D eigenvalue weighted by molar-refractivity contribution is 0.102. The molecule has 0 saturated heterocycles. The maximum atomic E-state index is 12.7. The first-order valence-corrected chi connectivity index (χ1v) is 12.5. The number of carbonyl (C=O) groups excluding carboxylic acids is 1. The minimum atomic E-state index is -3.74. The van der Waals surface area contributed by atoms with E-state index in [9.17, 15) is 13.2 Å². The van der Waals surface area contributed by atoms with Gasteiger partial charge in [-0.3, -0.25) is 9.52 Å². The zero-order valence-corrected chi connectivity index (χ0v) is 21.2. The summed E-state index contributed by atoms with van der Waals surface area (Å²) in [5.74, 6) is -0.268. The number of aryl methyl sites for hydroxylation is 2. The zero-order chi connectivity index (χ0) is 23.7. The molecule has 7 heteroatoms. The number of benzene rings is 3. The van der Waals surface area contributed by atoms with Crippen LogP contribution in [0.4, 0.5) is 11.4 Å².